The van der Waals surface area contributed by atoms with E-state index in [0.29, 0.717) is 10.6 Å². The fourth-order valence-electron chi connectivity index (χ4n) is 2.98. The van der Waals surface area contributed by atoms with Crippen LogP contribution < -0.4 is 0 Å². The molecule has 3 heteroatoms. The maximum absolute atomic E-state index is 12.9. The number of hydrogen-bond acceptors (Lipinski definition) is 1. The summed E-state index contributed by atoms with van der Waals surface area (Å²) in [5.74, 6) is 0.0403. The smallest absolute Gasteiger partial charge is 0.195 e. The number of para-hydroxylation sites is 1. The van der Waals surface area contributed by atoms with Gasteiger partial charge in [0.05, 0.1) is 10.5 Å². The van der Waals surface area contributed by atoms with Gasteiger partial charge in [-0.1, -0.05) is 41.4 Å². The number of aromatic amines is 1. The zero-order valence-corrected chi connectivity index (χ0v) is 13.0. The van der Waals surface area contributed by atoms with Gasteiger partial charge in [0.1, 0.15) is 0 Å². The van der Waals surface area contributed by atoms with Crippen LogP contribution in [-0.2, 0) is 0 Å². The molecule has 2 aromatic carbocycles. The second kappa shape index (κ2) is 5.05. The van der Waals surface area contributed by atoms with Gasteiger partial charge in [0.25, 0.3) is 0 Å². The number of rotatable bonds is 2. The van der Waals surface area contributed by atoms with Gasteiger partial charge in [-0.25, -0.2) is 0 Å². The van der Waals surface area contributed by atoms with Crippen molar-refractivity contribution in [3.63, 3.8) is 0 Å². The summed E-state index contributed by atoms with van der Waals surface area (Å²) in [5, 5.41) is 1.50. The predicted octanol–water partition coefficient (Wildman–Crippen LogP) is 4.98. The number of ketones is 1. The maximum Gasteiger partial charge on any atom is 0.195 e. The molecule has 0 radical (unpaired) electrons. The van der Waals surface area contributed by atoms with E-state index in [-0.39, 0.29) is 5.78 Å². The van der Waals surface area contributed by atoms with Gasteiger partial charge in [-0.15, -0.1) is 0 Å². The summed E-state index contributed by atoms with van der Waals surface area (Å²) >= 11 is 6.16. The standard InChI is InChI=1S/C18H16ClNO/c1-10-7-11(2)16(12(3)8-10)18(21)14-9-20-17-13(14)5-4-6-15(17)19/h4-9,20H,1-3H3. The Morgan fingerprint density at radius 2 is 1.76 bits per heavy atom. The van der Waals surface area contributed by atoms with Crippen LogP contribution in [0.15, 0.2) is 36.5 Å². The Bertz CT molecular complexity index is 838. The molecule has 0 saturated heterocycles. The van der Waals surface area contributed by atoms with Gasteiger partial charge in [0, 0.05) is 22.7 Å². The van der Waals surface area contributed by atoms with Crippen LogP contribution in [0.4, 0.5) is 0 Å². The largest absolute Gasteiger partial charge is 0.359 e. The Morgan fingerprint density at radius 3 is 2.43 bits per heavy atom. The number of fused-ring (bicyclic) bond motifs is 1. The zero-order chi connectivity index (χ0) is 15.1. The highest BCUT2D eigenvalue weighted by Crippen LogP contribution is 2.28. The van der Waals surface area contributed by atoms with E-state index in [1.54, 1.807) is 6.20 Å². The maximum atomic E-state index is 12.9. The Balaban J connectivity index is 2.20. The minimum Gasteiger partial charge on any atom is -0.359 e. The van der Waals surface area contributed by atoms with E-state index in [9.17, 15) is 4.79 Å². The van der Waals surface area contributed by atoms with Crippen LogP contribution in [0.5, 0.6) is 0 Å². The van der Waals surface area contributed by atoms with Crippen LogP contribution in [0, 0.1) is 20.8 Å². The lowest BCUT2D eigenvalue weighted by atomic mass is 9.93. The molecule has 0 spiro atoms. The van der Waals surface area contributed by atoms with Crippen molar-refractivity contribution in [2.24, 2.45) is 0 Å². The fourth-order valence-corrected chi connectivity index (χ4v) is 3.21. The van der Waals surface area contributed by atoms with E-state index in [2.05, 4.69) is 4.98 Å². The van der Waals surface area contributed by atoms with Crippen LogP contribution in [0.1, 0.15) is 32.6 Å². The zero-order valence-electron chi connectivity index (χ0n) is 12.3. The lowest BCUT2D eigenvalue weighted by Gasteiger charge is -2.10. The number of benzene rings is 2. The predicted molar refractivity (Wildman–Crippen MR) is 87.4 cm³/mol. The van der Waals surface area contributed by atoms with Crippen molar-refractivity contribution in [2.75, 3.05) is 0 Å². The molecule has 106 valence electrons. The number of carbonyl (C=O) groups is 1. The van der Waals surface area contributed by atoms with Crippen LogP contribution in [0.25, 0.3) is 10.9 Å². The highest BCUT2D eigenvalue weighted by Gasteiger charge is 2.19. The fraction of sp³-hybridized carbons (Fsp3) is 0.167. The van der Waals surface area contributed by atoms with Gasteiger partial charge in [-0.05, 0) is 38.0 Å². The normalized spacial score (nSPS) is 11.0. The average Bonchev–Trinajstić information content (AvgIpc) is 2.82. The minimum atomic E-state index is 0.0403. The Morgan fingerprint density at radius 1 is 1.10 bits per heavy atom. The number of aromatic nitrogens is 1. The Hall–Kier alpha value is -2.06. The van der Waals surface area contributed by atoms with Crippen molar-refractivity contribution in [1.29, 1.82) is 0 Å². The molecule has 0 unspecified atom stereocenters. The van der Waals surface area contributed by atoms with Gasteiger partial charge >= 0.3 is 0 Å². The summed E-state index contributed by atoms with van der Waals surface area (Å²) in [4.78, 5) is 16.0. The molecule has 0 aliphatic carbocycles. The van der Waals surface area contributed by atoms with Crippen LogP contribution in [-0.4, -0.2) is 10.8 Å². The Kier molecular flexibility index (Phi) is 3.34. The van der Waals surface area contributed by atoms with Gasteiger partial charge in [-0.3, -0.25) is 4.79 Å². The average molecular weight is 298 g/mol. The van der Waals surface area contributed by atoms with Crippen molar-refractivity contribution in [3.8, 4) is 0 Å². The molecule has 2 nitrogen and oxygen atoms in total. The molecule has 3 aromatic rings. The SMILES string of the molecule is Cc1cc(C)c(C(=O)c2c[nH]c3c(Cl)cccc23)c(C)c1. The summed E-state index contributed by atoms with van der Waals surface area (Å²) in [7, 11) is 0. The third-order valence-electron chi connectivity index (χ3n) is 3.81. The number of halogens is 1. The summed E-state index contributed by atoms with van der Waals surface area (Å²) in [6.45, 7) is 6.00. The number of nitrogens with one attached hydrogen (secondary N) is 1. The van der Waals surface area contributed by atoms with Crippen molar-refractivity contribution in [3.05, 3.63) is 69.4 Å². The Labute approximate surface area is 128 Å². The highest BCUT2D eigenvalue weighted by atomic mass is 35.5. The minimum absolute atomic E-state index is 0.0403. The first-order valence-corrected chi connectivity index (χ1v) is 7.25. The van der Waals surface area contributed by atoms with Crippen LogP contribution >= 0.6 is 11.6 Å². The highest BCUT2D eigenvalue weighted by molar-refractivity contribution is 6.35. The third-order valence-corrected chi connectivity index (χ3v) is 4.13. The molecule has 1 N–H and O–H groups in total. The van der Waals surface area contributed by atoms with E-state index >= 15 is 0 Å². The van der Waals surface area contributed by atoms with Crippen molar-refractivity contribution in [1.82, 2.24) is 4.98 Å². The third kappa shape index (κ3) is 2.26. The van der Waals surface area contributed by atoms with Crippen LogP contribution in [0.3, 0.4) is 0 Å². The van der Waals surface area contributed by atoms with Gasteiger partial charge in [-0.2, -0.15) is 0 Å². The quantitative estimate of drug-likeness (QED) is 0.665. The van der Waals surface area contributed by atoms with E-state index in [0.717, 1.165) is 27.6 Å². The van der Waals surface area contributed by atoms with Crippen molar-refractivity contribution >= 4 is 28.3 Å². The number of carbonyl (C=O) groups excluding carboxylic acids is 1. The monoisotopic (exact) mass is 297 g/mol. The van der Waals surface area contributed by atoms with E-state index in [1.807, 2.05) is 51.1 Å². The molecule has 21 heavy (non-hydrogen) atoms. The summed E-state index contributed by atoms with van der Waals surface area (Å²) in [6.07, 6.45) is 1.75. The lowest BCUT2D eigenvalue weighted by molar-refractivity contribution is 0.103. The molecule has 0 amide bonds. The van der Waals surface area contributed by atoms with Crippen molar-refractivity contribution in [2.45, 2.75) is 20.8 Å². The van der Waals surface area contributed by atoms with Gasteiger partial charge in [0.2, 0.25) is 0 Å². The van der Waals surface area contributed by atoms with Gasteiger partial charge < -0.3 is 4.98 Å². The summed E-state index contributed by atoms with van der Waals surface area (Å²) in [5.41, 5.74) is 5.44. The van der Waals surface area contributed by atoms with E-state index in [4.69, 9.17) is 11.6 Å². The first-order chi connectivity index (χ1) is 9.99. The lowest BCUT2D eigenvalue weighted by Crippen LogP contribution is -2.06. The molecule has 0 fully saturated rings. The number of H-pyrrole nitrogens is 1. The molecule has 0 aliphatic rings. The molecule has 0 saturated carbocycles. The molecule has 1 aromatic heterocycles. The summed E-state index contributed by atoms with van der Waals surface area (Å²) in [6, 6.07) is 9.69. The van der Waals surface area contributed by atoms with Gasteiger partial charge in [0.15, 0.2) is 5.78 Å². The molecule has 1 heterocycles. The topological polar surface area (TPSA) is 32.9 Å². The summed E-state index contributed by atoms with van der Waals surface area (Å²) < 4.78 is 0. The molecular formula is C18H16ClNO. The first-order valence-electron chi connectivity index (χ1n) is 6.87. The molecule has 0 atom stereocenters. The second-order valence-corrected chi connectivity index (χ2v) is 5.87. The van der Waals surface area contributed by atoms with E-state index in [1.165, 1.54) is 5.56 Å². The molecule has 0 aliphatic heterocycles. The molecule has 3 rings (SSSR count). The first kappa shape index (κ1) is 13.9. The molecule has 0 bridgehead atoms. The van der Waals surface area contributed by atoms with Crippen molar-refractivity contribution < 1.29 is 4.79 Å². The van der Waals surface area contributed by atoms with Crippen LogP contribution in [0.2, 0.25) is 5.02 Å². The second-order valence-electron chi connectivity index (χ2n) is 5.47. The van der Waals surface area contributed by atoms with E-state index < -0.39 is 0 Å². The number of aryl methyl sites for hydroxylation is 3. The molecular weight excluding hydrogens is 282 g/mol. The number of hydrogen-bond donors (Lipinski definition) is 1.